The highest BCUT2D eigenvalue weighted by atomic mass is 19.4. The first-order chi connectivity index (χ1) is 7.99. The Hall–Kier alpha value is -0.250. The van der Waals surface area contributed by atoms with Gasteiger partial charge in [-0.3, -0.25) is 0 Å². The Labute approximate surface area is 102 Å². The Kier molecular flexibility index (Phi) is 5.77. The van der Waals surface area contributed by atoms with Crippen LogP contribution in [0.3, 0.4) is 0 Å². The zero-order chi connectivity index (χ0) is 12.9. The van der Waals surface area contributed by atoms with Gasteiger partial charge in [-0.05, 0) is 37.6 Å². The highest BCUT2D eigenvalue weighted by molar-refractivity contribution is 4.86. The van der Waals surface area contributed by atoms with Crippen LogP contribution in [0.5, 0.6) is 0 Å². The molecule has 0 saturated heterocycles. The molecule has 0 spiro atoms. The third kappa shape index (κ3) is 4.49. The summed E-state index contributed by atoms with van der Waals surface area (Å²) in [5.74, 6) is 0.266. The number of nitrogens with one attached hydrogen (secondary N) is 1. The van der Waals surface area contributed by atoms with E-state index in [1.165, 1.54) is 0 Å². The van der Waals surface area contributed by atoms with E-state index >= 15 is 0 Å². The fourth-order valence-electron chi connectivity index (χ4n) is 2.86. The highest BCUT2D eigenvalue weighted by Crippen LogP contribution is 2.38. The third-order valence-corrected chi connectivity index (χ3v) is 3.84. The van der Waals surface area contributed by atoms with E-state index in [0.29, 0.717) is 12.5 Å². The summed E-state index contributed by atoms with van der Waals surface area (Å²) in [6.07, 6.45) is 1.16. The molecule has 1 fully saturated rings. The van der Waals surface area contributed by atoms with Crippen molar-refractivity contribution in [3.63, 3.8) is 0 Å². The van der Waals surface area contributed by atoms with E-state index in [2.05, 4.69) is 12.2 Å². The third-order valence-electron chi connectivity index (χ3n) is 3.84. The van der Waals surface area contributed by atoms with Gasteiger partial charge in [-0.2, -0.15) is 13.2 Å². The van der Waals surface area contributed by atoms with Gasteiger partial charge in [0.25, 0.3) is 0 Å². The van der Waals surface area contributed by atoms with Gasteiger partial charge in [0.2, 0.25) is 0 Å². The molecule has 0 amide bonds. The lowest BCUT2D eigenvalue weighted by molar-refractivity contribution is -0.171. The zero-order valence-electron chi connectivity index (χ0n) is 10.8. The Morgan fingerprint density at radius 2 is 1.94 bits per heavy atom. The van der Waals surface area contributed by atoms with Crippen molar-refractivity contribution in [2.24, 2.45) is 11.8 Å². The maximum atomic E-state index is 13.0. The van der Waals surface area contributed by atoms with Crippen LogP contribution in [0, 0.1) is 11.8 Å². The predicted molar refractivity (Wildman–Crippen MR) is 63.9 cm³/mol. The fourth-order valence-corrected chi connectivity index (χ4v) is 2.86. The second-order valence-corrected chi connectivity index (χ2v) is 5.17. The molecule has 0 aromatic rings. The number of hydrogen-bond acceptors (Lipinski definition) is 1. The predicted octanol–water partition coefficient (Wildman–Crippen LogP) is 4.13. The van der Waals surface area contributed by atoms with Crippen LogP contribution in [0.1, 0.15) is 52.4 Å². The molecule has 1 nitrogen and oxygen atoms in total. The van der Waals surface area contributed by atoms with E-state index in [0.717, 1.165) is 38.5 Å². The number of halogens is 3. The van der Waals surface area contributed by atoms with Gasteiger partial charge >= 0.3 is 6.18 Å². The molecule has 0 aliphatic heterocycles. The zero-order valence-corrected chi connectivity index (χ0v) is 10.8. The Balaban J connectivity index is 2.61. The molecule has 3 unspecified atom stereocenters. The summed E-state index contributed by atoms with van der Waals surface area (Å²) >= 11 is 0. The molecule has 0 radical (unpaired) electrons. The number of rotatable bonds is 5. The van der Waals surface area contributed by atoms with Crippen LogP contribution < -0.4 is 5.32 Å². The first kappa shape index (κ1) is 14.8. The van der Waals surface area contributed by atoms with E-state index in [-0.39, 0.29) is 5.92 Å². The van der Waals surface area contributed by atoms with Crippen molar-refractivity contribution in [2.45, 2.75) is 64.6 Å². The van der Waals surface area contributed by atoms with Crippen LogP contribution in [0.15, 0.2) is 0 Å². The van der Waals surface area contributed by atoms with Crippen LogP contribution in [-0.4, -0.2) is 18.8 Å². The largest absolute Gasteiger partial charge is 0.404 e. The molecule has 1 rings (SSSR count). The Morgan fingerprint density at radius 3 is 2.47 bits per heavy atom. The molecule has 1 aliphatic carbocycles. The van der Waals surface area contributed by atoms with Crippen molar-refractivity contribution < 1.29 is 13.2 Å². The summed E-state index contributed by atoms with van der Waals surface area (Å²) in [6.45, 7) is 4.43. The van der Waals surface area contributed by atoms with E-state index in [9.17, 15) is 13.2 Å². The first-order valence-corrected chi connectivity index (χ1v) is 6.79. The van der Waals surface area contributed by atoms with Crippen molar-refractivity contribution in [3.05, 3.63) is 0 Å². The van der Waals surface area contributed by atoms with Crippen molar-refractivity contribution in [3.8, 4) is 0 Å². The van der Waals surface area contributed by atoms with Crippen molar-refractivity contribution >= 4 is 0 Å². The molecular weight excluding hydrogens is 227 g/mol. The molecule has 1 N–H and O–H groups in total. The summed E-state index contributed by atoms with van der Waals surface area (Å²) < 4.78 is 39.0. The minimum Gasteiger partial charge on any atom is -0.306 e. The van der Waals surface area contributed by atoms with E-state index in [1.54, 1.807) is 0 Å². The molecule has 1 aliphatic rings. The second kappa shape index (κ2) is 6.62. The maximum absolute atomic E-state index is 13.0. The topological polar surface area (TPSA) is 12.0 Å². The maximum Gasteiger partial charge on any atom is 0.404 e. The van der Waals surface area contributed by atoms with E-state index < -0.39 is 12.2 Å². The van der Waals surface area contributed by atoms with Crippen LogP contribution in [-0.2, 0) is 0 Å². The van der Waals surface area contributed by atoms with Crippen LogP contribution in [0.2, 0.25) is 0 Å². The van der Waals surface area contributed by atoms with E-state index in [1.807, 2.05) is 6.92 Å². The normalized spacial score (nSPS) is 28.1. The molecule has 4 heteroatoms. The molecule has 3 atom stereocenters. The molecule has 102 valence electrons. The van der Waals surface area contributed by atoms with Crippen LogP contribution in [0.25, 0.3) is 0 Å². The van der Waals surface area contributed by atoms with Gasteiger partial charge in [-0.15, -0.1) is 0 Å². The summed E-state index contributed by atoms with van der Waals surface area (Å²) in [7, 11) is 0. The summed E-state index contributed by atoms with van der Waals surface area (Å²) in [6, 6.07) is -1.29. The van der Waals surface area contributed by atoms with Crippen LogP contribution in [0.4, 0.5) is 13.2 Å². The monoisotopic (exact) mass is 251 g/mol. The van der Waals surface area contributed by atoms with E-state index in [4.69, 9.17) is 0 Å². The van der Waals surface area contributed by atoms with Gasteiger partial charge in [-0.1, -0.05) is 33.1 Å². The Morgan fingerprint density at radius 1 is 1.24 bits per heavy atom. The van der Waals surface area contributed by atoms with Crippen molar-refractivity contribution in [2.75, 3.05) is 6.54 Å². The SMILES string of the molecule is CCCNC(C1CCCC(CC)C1)C(F)(F)F. The average Bonchev–Trinajstić information content (AvgIpc) is 2.28. The Bertz CT molecular complexity index is 215. The first-order valence-electron chi connectivity index (χ1n) is 6.79. The van der Waals surface area contributed by atoms with Crippen molar-refractivity contribution in [1.82, 2.24) is 5.32 Å². The minimum atomic E-state index is -4.10. The van der Waals surface area contributed by atoms with Gasteiger partial charge in [-0.25, -0.2) is 0 Å². The van der Waals surface area contributed by atoms with Crippen molar-refractivity contribution in [1.29, 1.82) is 0 Å². The molecule has 0 aromatic heterocycles. The molecule has 17 heavy (non-hydrogen) atoms. The highest BCUT2D eigenvalue weighted by Gasteiger charge is 2.45. The molecule has 0 heterocycles. The number of hydrogen-bond donors (Lipinski definition) is 1. The molecule has 0 bridgehead atoms. The lowest BCUT2D eigenvalue weighted by atomic mass is 9.76. The van der Waals surface area contributed by atoms with Gasteiger partial charge in [0, 0.05) is 0 Å². The lowest BCUT2D eigenvalue weighted by Gasteiger charge is -2.35. The minimum absolute atomic E-state index is 0.222. The summed E-state index contributed by atoms with van der Waals surface area (Å²) in [5.41, 5.74) is 0. The van der Waals surface area contributed by atoms with Gasteiger partial charge in [0.1, 0.15) is 6.04 Å². The quantitative estimate of drug-likeness (QED) is 0.774. The summed E-state index contributed by atoms with van der Waals surface area (Å²) in [4.78, 5) is 0. The molecule has 1 saturated carbocycles. The number of alkyl halides is 3. The van der Waals surface area contributed by atoms with Crippen LogP contribution >= 0.6 is 0 Å². The summed E-state index contributed by atoms with van der Waals surface area (Å²) in [5, 5.41) is 2.70. The molecular formula is C13H24F3N. The average molecular weight is 251 g/mol. The lowest BCUT2D eigenvalue weighted by Crippen LogP contribution is -2.49. The standard InChI is InChI=1S/C13H24F3N/c1-3-8-17-12(13(14,15)16)11-7-5-6-10(4-2)9-11/h10-12,17H,3-9H2,1-2H3. The fraction of sp³-hybridized carbons (Fsp3) is 1.00. The smallest absolute Gasteiger partial charge is 0.306 e. The van der Waals surface area contributed by atoms with Gasteiger partial charge < -0.3 is 5.32 Å². The second-order valence-electron chi connectivity index (χ2n) is 5.17. The van der Waals surface area contributed by atoms with Gasteiger partial charge in [0.15, 0.2) is 0 Å². The molecule has 0 aromatic carbocycles. The van der Waals surface area contributed by atoms with Gasteiger partial charge in [0.05, 0.1) is 0 Å².